The second-order valence-corrected chi connectivity index (χ2v) is 5.48. The predicted octanol–water partition coefficient (Wildman–Crippen LogP) is 3.76. The van der Waals surface area contributed by atoms with Crippen LogP contribution in [-0.2, 0) is 0 Å². The first-order valence-corrected chi connectivity index (χ1v) is 7.71. The average molecular weight is 330 g/mol. The smallest absolute Gasteiger partial charge is 0.267 e. The lowest BCUT2D eigenvalue weighted by Crippen LogP contribution is -2.15. The normalized spacial score (nSPS) is 12.0. The number of benzene rings is 2. The van der Waals surface area contributed by atoms with Gasteiger partial charge in [-0.1, -0.05) is 36.4 Å². The van der Waals surface area contributed by atoms with Crippen LogP contribution in [0.4, 0.5) is 0 Å². The highest BCUT2D eigenvalue weighted by molar-refractivity contribution is 6.02. The molecule has 0 aliphatic carbocycles. The number of carbonyl (C=O) groups is 1. The fraction of sp³-hybridized carbons (Fsp3) is 0. The minimum Gasteiger partial charge on any atom is -0.458 e. The zero-order chi connectivity index (χ0) is 17.2. The number of hydrogen-bond acceptors (Lipinski definition) is 4. The Kier molecular flexibility index (Phi) is 3.67. The molecule has 0 fully saturated rings. The van der Waals surface area contributed by atoms with Crippen LogP contribution < -0.4 is 15.2 Å². The molecule has 0 saturated heterocycles. The second-order valence-electron chi connectivity index (χ2n) is 5.48. The Morgan fingerprint density at radius 1 is 0.880 bits per heavy atom. The van der Waals surface area contributed by atoms with Crippen LogP contribution in [0.1, 0.15) is 10.5 Å². The summed E-state index contributed by atoms with van der Waals surface area (Å²) < 4.78 is 10.9. The van der Waals surface area contributed by atoms with Crippen molar-refractivity contribution in [3.63, 3.8) is 0 Å². The summed E-state index contributed by atoms with van der Waals surface area (Å²) in [7, 11) is 0. The van der Waals surface area contributed by atoms with Crippen LogP contribution in [0, 0.1) is 0 Å². The molecule has 2 N–H and O–H groups in total. The number of hydrogen-bond donors (Lipinski definition) is 1. The minimum absolute atomic E-state index is 0.235. The average Bonchev–Trinajstić information content (AvgIpc) is 2.67. The summed E-state index contributed by atoms with van der Waals surface area (Å²) in [6, 6.07) is 17.0. The third kappa shape index (κ3) is 2.72. The lowest BCUT2D eigenvalue weighted by Gasteiger charge is -2.16. The molecule has 1 aliphatic heterocycles. The van der Waals surface area contributed by atoms with Gasteiger partial charge >= 0.3 is 0 Å². The summed E-state index contributed by atoms with van der Waals surface area (Å²) >= 11 is 0. The van der Waals surface area contributed by atoms with Crippen molar-refractivity contribution in [3.8, 4) is 33.8 Å². The van der Waals surface area contributed by atoms with Crippen LogP contribution in [0.25, 0.3) is 22.3 Å². The quantitative estimate of drug-likeness (QED) is 0.793. The molecular formula is C20H14N2O3. The summed E-state index contributed by atoms with van der Waals surface area (Å²) in [5, 5.41) is 0. The number of ether oxygens (including phenoxy) is 2. The molecule has 0 saturated carbocycles. The van der Waals surface area contributed by atoms with Crippen molar-refractivity contribution in [3.05, 3.63) is 79.0 Å². The van der Waals surface area contributed by atoms with Crippen molar-refractivity contribution in [1.82, 2.24) is 4.98 Å². The van der Waals surface area contributed by atoms with Gasteiger partial charge in [0, 0.05) is 11.8 Å². The molecule has 4 rings (SSSR count). The summed E-state index contributed by atoms with van der Waals surface area (Å²) in [6.07, 6.45) is 4.54. The molecular weight excluding hydrogens is 316 g/mol. The van der Waals surface area contributed by atoms with E-state index in [1.807, 2.05) is 54.6 Å². The van der Waals surface area contributed by atoms with Crippen molar-refractivity contribution in [2.24, 2.45) is 5.73 Å². The van der Waals surface area contributed by atoms with E-state index in [9.17, 15) is 4.79 Å². The van der Waals surface area contributed by atoms with Crippen molar-refractivity contribution in [2.75, 3.05) is 0 Å². The highest BCUT2D eigenvalue weighted by Gasteiger charge is 2.18. The fourth-order valence-electron chi connectivity index (χ4n) is 2.85. The number of amides is 1. The van der Waals surface area contributed by atoms with Gasteiger partial charge in [0.05, 0.1) is 0 Å². The summed E-state index contributed by atoms with van der Waals surface area (Å²) in [5.74, 6) is 0.675. The fourth-order valence-corrected chi connectivity index (χ4v) is 2.85. The molecule has 1 amide bonds. The Morgan fingerprint density at radius 2 is 1.64 bits per heavy atom. The third-order valence-corrected chi connectivity index (χ3v) is 3.95. The van der Waals surface area contributed by atoms with E-state index in [1.165, 1.54) is 12.5 Å². The number of rotatable bonds is 3. The van der Waals surface area contributed by atoms with E-state index in [2.05, 4.69) is 4.98 Å². The molecule has 1 aromatic heterocycles. The molecule has 0 radical (unpaired) electrons. The van der Waals surface area contributed by atoms with E-state index in [0.717, 1.165) is 16.7 Å². The van der Waals surface area contributed by atoms with Gasteiger partial charge in [-0.25, -0.2) is 0 Å². The molecule has 0 spiro atoms. The van der Waals surface area contributed by atoms with Gasteiger partial charge in [0.2, 0.25) is 0 Å². The van der Waals surface area contributed by atoms with E-state index in [-0.39, 0.29) is 5.69 Å². The van der Waals surface area contributed by atoms with Crippen LogP contribution >= 0.6 is 0 Å². The van der Waals surface area contributed by atoms with E-state index in [0.29, 0.717) is 17.1 Å². The number of nitrogens with two attached hydrogens (primary N) is 1. The van der Waals surface area contributed by atoms with Crippen LogP contribution in [0.15, 0.2) is 73.3 Å². The molecule has 5 heteroatoms. The monoisotopic (exact) mass is 330 g/mol. The largest absolute Gasteiger partial charge is 0.458 e. The maximum absolute atomic E-state index is 11.9. The summed E-state index contributed by atoms with van der Waals surface area (Å²) in [6.45, 7) is 0. The number of nitrogens with zero attached hydrogens (tertiary/aromatic N) is 1. The van der Waals surface area contributed by atoms with Gasteiger partial charge in [-0.15, -0.1) is 0 Å². The van der Waals surface area contributed by atoms with Crippen molar-refractivity contribution >= 4 is 5.91 Å². The van der Waals surface area contributed by atoms with Gasteiger partial charge in [0.1, 0.15) is 18.2 Å². The molecule has 2 aromatic carbocycles. The maximum atomic E-state index is 11.9. The van der Waals surface area contributed by atoms with Crippen molar-refractivity contribution in [2.45, 2.75) is 0 Å². The number of primary amides is 1. The van der Waals surface area contributed by atoms with Crippen LogP contribution in [-0.4, -0.2) is 10.9 Å². The molecule has 25 heavy (non-hydrogen) atoms. The summed E-state index contributed by atoms with van der Waals surface area (Å²) in [5.41, 5.74) is 9.08. The number of pyridine rings is 1. The molecule has 1 aliphatic rings. The third-order valence-electron chi connectivity index (χ3n) is 3.95. The van der Waals surface area contributed by atoms with Crippen LogP contribution in [0.2, 0.25) is 0 Å². The Balaban J connectivity index is 1.94. The van der Waals surface area contributed by atoms with E-state index in [4.69, 9.17) is 15.2 Å². The van der Waals surface area contributed by atoms with Crippen molar-refractivity contribution < 1.29 is 14.3 Å². The van der Waals surface area contributed by atoms with Gasteiger partial charge in [-0.2, -0.15) is 0 Å². The van der Waals surface area contributed by atoms with Crippen molar-refractivity contribution in [1.29, 1.82) is 0 Å². The zero-order valence-electron chi connectivity index (χ0n) is 13.2. The highest BCUT2D eigenvalue weighted by Crippen LogP contribution is 2.39. The van der Waals surface area contributed by atoms with Crippen LogP contribution in [0.5, 0.6) is 11.5 Å². The van der Waals surface area contributed by atoms with E-state index in [1.54, 1.807) is 6.20 Å². The first-order chi connectivity index (χ1) is 12.2. The second kappa shape index (κ2) is 6.13. The Labute approximate surface area is 144 Å². The summed E-state index contributed by atoms with van der Waals surface area (Å²) in [4.78, 5) is 16.1. The SMILES string of the molecule is NC(=O)c1nccc(-c2ccc3c(c2)OC=CO3)c1-c1ccccc1. The molecule has 0 bridgehead atoms. The van der Waals surface area contributed by atoms with Crippen LogP contribution in [0.3, 0.4) is 0 Å². The first-order valence-electron chi connectivity index (χ1n) is 7.71. The van der Waals surface area contributed by atoms with Gasteiger partial charge in [0.15, 0.2) is 11.5 Å². The number of fused-ring (bicyclic) bond motifs is 1. The molecule has 5 nitrogen and oxygen atoms in total. The molecule has 0 atom stereocenters. The predicted molar refractivity (Wildman–Crippen MR) is 94.0 cm³/mol. The number of carbonyl (C=O) groups excluding carboxylic acids is 1. The van der Waals surface area contributed by atoms with Gasteiger partial charge < -0.3 is 15.2 Å². The first kappa shape index (κ1) is 15.0. The Hall–Kier alpha value is -3.60. The van der Waals surface area contributed by atoms with E-state index >= 15 is 0 Å². The standard InChI is InChI=1S/C20H14N2O3/c21-20(23)19-18(13-4-2-1-3-5-13)15(8-9-22-19)14-6-7-16-17(12-14)25-11-10-24-16/h1-12H,(H2,21,23). The molecule has 122 valence electrons. The lowest BCUT2D eigenvalue weighted by molar-refractivity contribution is 0.0996. The van der Waals surface area contributed by atoms with Gasteiger partial charge in [0.25, 0.3) is 5.91 Å². The minimum atomic E-state index is -0.568. The highest BCUT2D eigenvalue weighted by atomic mass is 16.5. The van der Waals surface area contributed by atoms with Gasteiger partial charge in [-0.05, 0) is 34.9 Å². The van der Waals surface area contributed by atoms with E-state index < -0.39 is 5.91 Å². The Morgan fingerprint density at radius 3 is 2.40 bits per heavy atom. The topological polar surface area (TPSA) is 74.4 Å². The zero-order valence-corrected chi connectivity index (χ0v) is 13.2. The molecule has 2 heterocycles. The maximum Gasteiger partial charge on any atom is 0.267 e. The molecule has 0 unspecified atom stereocenters. The Bertz CT molecular complexity index is 981. The number of aromatic nitrogens is 1. The van der Waals surface area contributed by atoms with Gasteiger partial charge in [-0.3, -0.25) is 9.78 Å². The molecule has 3 aromatic rings. The lowest BCUT2D eigenvalue weighted by atomic mass is 9.93.